The Balaban J connectivity index is 1.62. The molecule has 10 heteroatoms. The molecule has 1 N–H and O–H groups in total. The van der Waals surface area contributed by atoms with Gasteiger partial charge in [0.1, 0.15) is 5.82 Å². The normalized spacial score (nSPS) is 16.6. The fourth-order valence-electron chi connectivity index (χ4n) is 4.43. The highest BCUT2D eigenvalue weighted by Crippen LogP contribution is 2.38. The predicted octanol–water partition coefficient (Wildman–Crippen LogP) is 3.94. The highest BCUT2D eigenvalue weighted by molar-refractivity contribution is 7.94. The zero-order chi connectivity index (χ0) is 22.9. The summed E-state index contributed by atoms with van der Waals surface area (Å²) in [5.41, 5.74) is 0.659. The fraction of sp³-hybridized carbons (Fsp3) is 0.455. The first kappa shape index (κ1) is 22.7. The van der Waals surface area contributed by atoms with Crippen molar-refractivity contribution in [3.05, 3.63) is 46.1 Å². The number of halogens is 1. The van der Waals surface area contributed by atoms with Gasteiger partial charge in [-0.2, -0.15) is 0 Å². The zero-order valence-electron chi connectivity index (χ0n) is 17.7. The Morgan fingerprint density at radius 3 is 2.72 bits per heavy atom. The second-order valence-electron chi connectivity index (χ2n) is 8.19. The molecule has 0 radical (unpaired) electrons. The standard InChI is InChI=1S/C22H25FN2O5S2/c1-30-21(27)20-17-9-10-25(19(26)11-14-5-2-3-6-14)13-18(17)31-22(20)32(28,29)24-16-8-4-7-15(23)12-16/h4,7-8,12,14,24H,2-3,5-6,9-11,13H2,1H3. The van der Waals surface area contributed by atoms with Crippen LogP contribution in [0, 0.1) is 11.7 Å². The summed E-state index contributed by atoms with van der Waals surface area (Å²) in [6.07, 6.45) is 5.36. The molecule has 1 fully saturated rings. The largest absolute Gasteiger partial charge is 0.465 e. The van der Waals surface area contributed by atoms with Crippen LogP contribution < -0.4 is 4.72 Å². The van der Waals surface area contributed by atoms with Gasteiger partial charge >= 0.3 is 5.97 Å². The van der Waals surface area contributed by atoms with E-state index in [9.17, 15) is 22.4 Å². The van der Waals surface area contributed by atoms with Crippen LogP contribution in [0.4, 0.5) is 10.1 Å². The lowest BCUT2D eigenvalue weighted by molar-refractivity contribution is -0.133. The Hall–Kier alpha value is -2.46. The number of ether oxygens (including phenoxy) is 1. The van der Waals surface area contributed by atoms with Gasteiger partial charge in [0, 0.05) is 17.8 Å². The number of anilines is 1. The minimum atomic E-state index is -4.17. The second kappa shape index (κ2) is 9.19. The van der Waals surface area contributed by atoms with Gasteiger partial charge in [-0.3, -0.25) is 9.52 Å². The highest BCUT2D eigenvalue weighted by atomic mass is 32.2. The van der Waals surface area contributed by atoms with Crippen molar-refractivity contribution < 1.29 is 27.1 Å². The smallest absolute Gasteiger partial charge is 0.340 e. The molecular weight excluding hydrogens is 455 g/mol. The van der Waals surface area contributed by atoms with Crippen LogP contribution in [0.2, 0.25) is 0 Å². The number of esters is 1. The Kier molecular flexibility index (Phi) is 6.52. The molecule has 1 aromatic carbocycles. The summed E-state index contributed by atoms with van der Waals surface area (Å²) in [5, 5.41) is 0. The molecule has 1 aromatic heterocycles. The number of thiophene rings is 1. The van der Waals surface area contributed by atoms with Gasteiger partial charge in [0.15, 0.2) is 4.21 Å². The van der Waals surface area contributed by atoms with Crippen molar-refractivity contribution in [3.63, 3.8) is 0 Å². The van der Waals surface area contributed by atoms with Crippen LogP contribution in [-0.4, -0.2) is 38.8 Å². The minimum absolute atomic E-state index is 0.000653. The maximum Gasteiger partial charge on any atom is 0.340 e. The Labute approximate surface area is 190 Å². The number of fused-ring (bicyclic) bond motifs is 1. The molecule has 0 unspecified atom stereocenters. The molecule has 0 saturated heterocycles. The molecule has 0 atom stereocenters. The number of carbonyl (C=O) groups is 2. The first-order valence-corrected chi connectivity index (χ1v) is 12.9. The lowest BCUT2D eigenvalue weighted by atomic mass is 10.0. The Morgan fingerprint density at radius 2 is 2.03 bits per heavy atom. The van der Waals surface area contributed by atoms with Crippen LogP contribution >= 0.6 is 11.3 Å². The quantitative estimate of drug-likeness (QED) is 0.633. The van der Waals surface area contributed by atoms with E-state index in [1.54, 1.807) is 4.90 Å². The van der Waals surface area contributed by atoms with E-state index < -0.39 is 21.8 Å². The van der Waals surface area contributed by atoms with Crippen molar-refractivity contribution in [3.8, 4) is 0 Å². The zero-order valence-corrected chi connectivity index (χ0v) is 19.4. The number of methoxy groups -OCH3 is 1. The fourth-order valence-corrected chi connectivity index (χ4v) is 7.38. The molecule has 7 nitrogen and oxygen atoms in total. The monoisotopic (exact) mass is 480 g/mol. The van der Waals surface area contributed by atoms with Gasteiger partial charge < -0.3 is 9.64 Å². The molecule has 1 amide bonds. The van der Waals surface area contributed by atoms with Crippen LogP contribution in [0.1, 0.15) is 52.9 Å². The molecular formula is C22H25FN2O5S2. The number of benzene rings is 1. The molecule has 0 bridgehead atoms. The lowest BCUT2D eigenvalue weighted by Crippen LogP contribution is -2.36. The van der Waals surface area contributed by atoms with Crippen LogP contribution in [-0.2, 0) is 32.5 Å². The molecule has 172 valence electrons. The number of sulfonamides is 1. The first-order valence-electron chi connectivity index (χ1n) is 10.6. The van der Waals surface area contributed by atoms with Crippen LogP contribution in [0.3, 0.4) is 0 Å². The number of rotatable bonds is 6. The molecule has 2 aliphatic rings. The topological polar surface area (TPSA) is 92.8 Å². The first-order chi connectivity index (χ1) is 15.3. The van der Waals surface area contributed by atoms with Crippen molar-refractivity contribution in [2.45, 2.75) is 49.3 Å². The van der Waals surface area contributed by atoms with Gasteiger partial charge in [-0.25, -0.2) is 17.6 Å². The van der Waals surface area contributed by atoms with Crippen molar-refractivity contribution in [1.82, 2.24) is 4.90 Å². The average Bonchev–Trinajstić information content (AvgIpc) is 3.40. The van der Waals surface area contributed by atoms with E-state index >= 15 is 0 Å². The van der Waals surface area contributed by atoms with Gasteiger partial charge in [-0.15, -0.1) is 11.3 Å². The van der Waals surface area contributed by atoms with E-state index in [1.807, 2.05) is 0 Å². The van der Waals surface area contributed by atoms with E-state index in [0.29, 0.717) is 35.7 Å². The molecule has 2 aromatic rings. The SMILES string of the molecule is COC(=O)c1c(S(=O)(=O)Nc2cccc(F)c2)sc2c1CCN(C(=O)CC1CCCC1)C2. The maximum atomic E-state index is 13.5. The van der Waals surface area contributed by atoms with Crippen LogP contribution in [0.15, 0.2) is 28.5 Å². The molecule has 1 aliphatic carbocycles. The third-order valence-electron chi connectivity index (χ3n) is 6.03. The van der Waals surface area contributed by atoms with E-state index in [2.05, 4.69) is 4.72 Å². The number of nitrogens with one attached hydrogen (secondary N) is 1. The second-order valence-corrected chi connectivity index (χ2v) is 11.2. The lowest BCUT2D eigenvalue weighted by Gasteiger charge is -2.28. The average molecular weight is 481 g/mol. The van der Waals surface area contributed by atoms with Gasteiger partial charge in [0.05, 0.1) is 24.9 Å². The number of amides is 1. The van der Waals surface area contributed by atoms with Gasteiger partial charge in [-0.05, 0) is 48.9 Å². The third-order valence-corrected chi connectivity index (χ3v) is 9.14. The highest BCUT2D eigenvalue weighted by Gasteiger charge is 2.35. The summed E-state index contributed by atoms with van der Waals surface area (Å²) in [7, 11) is -2.97. The number of hydrogen-bond acceptors (Lipinski definition) is 6. The number of hydrogen-bond donors (Lipinski definition) is 1. The third kappa shape index (κ3) is 4.66. The molecule has 1 saturated carbocycles. The Morgan fingerprint density at radius 1 is 1.28 bits per heavy atom. The van der Waals surface area contributed by atoms with Crippen molar-refractivity contribution in [1.29, 1.82) is 0 Å². The van der Waals surface area contributed by atoms with Crippen molar-refractivity contribution >= 4 is 38.9 Å². The predicted molar refractivity (Wildman–Crippen MR) is 119 cm³/mol. The summed E-state index contributed by atoms with van der Waals surface area (Å²) >= 11 is 0.961. The maximum absolute atomic E-state index is 13.5. The molecule has 32 heavy (non-hydrogen) atoms. The van der Waals surface area contributed by atoms with E-state index in [-0.39, 0.29) is 27.9 Å². The van der Waals surface area contributed by atoms with Crippen molar-refractivity contribution in [2.75, 3.05) is 18.4 Å². The molecule has 4 rings (SSSR count). The molecule has 2 heterocycles. The van der Waals surface area contributed by atoms with E-state index in [1.165, 1.54) is 25.3 Å². The Bertz CT molecular complexity index is 1140. The summed E-state index contributed by atoms with van der Waals surface area (Å²) < 4.78 is 46.8. The summed E-state index contributed by atoms with van der Waals surface area (Å²) in [6.45, 7) is 0.696. The summed E-state index contributed by atoms with van der Waals surface area (Å²) in [6, 6.07) is 5.09. The van der Waals surface area contributed by atoms with Crippen LogP contribution in [0.25, 0.3) is 0 Å². The summed E-state index contributed by atoms with van der Waals surface area (Å²) in [5.74, 6) is -0.838. The van der Waals surface area contributed by atoms with Gasteiger partial charge in [-0.1, -0.05) is 18.9 Å². The van der Waals surface area contributed by atoms with Crippen LogP contribution in [0.5, 0.6) is 0 Å². The molecule has 0 spiro atoms. The van der Waals surface area contributed by atoms with E-state index in [4.69, 9.17) is 4.74 Å². The van der Waals surface area contributed by atoms with Gasteiger partial charge in [0.2, 0.25) is 5.91 Å². The van der Waals surface area contributed by atoms with Crippen molar-refractivity contribution in [2.24, 2.45) is 5.92 Å². The minimum Gasteiger partial charge on any atom is -0.465 e. The number of carbonyl (C=O) groups excluding carboxylic acids is 2. The number of nitrogens with zero attached hydrogens (tertiary/aromatic N) is 1. The van der Waals surface area contributed by atoms with Gasteiger partial charge in [0.25, 0.3) is 10.0 Å². The summed E-state index contributed by atoms with van der Waals surface area (Å²) in [4.78, 5) is 27.7. The van der Waals surface area contributed by atoms with E-state index in [0.717, 1.165) is 43.1 Å². The molecule has 1 aliphatic heterocycles.